The van der Waals surface area contributed by atoms with Crippen molar-refractivity contribution in [3.05, 3.63) is 88.9 Å². The lowest BCUT2D eigenvalue weighted by Crippen LogP contribution is -2.27. The van der Waals surface area contributed by atoms with Gasteiger partial charge in [-0.25, -0.2) is 0 Å². The number of benzene rings is 3. The van der Waals surface area contributed by atoms with E-state index in [1.165, 1.54) is 4.41 Å². The van der Waals surface area contributed by atoms with Crippen LogP contribution in [0.2, 0.25) is 5.02 Å². The van der Waals surface area contributed by atoms with Gasteiger partial charge in [0, 0.05) is 23.1 Å². The van der Waals surface area contributed by atoms with Gasteiger partial charge in [-0.2, -0.15) is 17.9 Å². The van der Waals surface area contributed by atoms with Crippen molar-refractivity contribution in [1.29, 1.82) is 0 Å². The predicted octanol–water partition coefficient (Wildman–Crippen LogP) is 4.90. The maximum atomic E-state index is 13.5. The van der Waals surface area contributed by atoms with Crippen LogP contribution >= 0.6 is 11.6 Å². The summed E-state index contributed by atoms with van der Waals surface area (Å²) < 4.78 is 38.9. The minimum Gasteiger partial charge on any atom is -0.497 e. The molecule has 0 bridgehead atoms. The maximum absolute atomic E-state index is 13.5. The quantitative estimate of drug-likeness (QED) is 0.529. The van der Waals surface area contributed by atoms with Gasteiger partial charge in [-0.1, -0.05) is 41.9 Å². The van der Waals surface area contributed by atoms with Crippen LogP contribution in [0.5, 0.6) is 11.5 Å². The molecule has 0 fully saturated rings. The van der Waals surface area contributed by atoms with Crippen LogP contribution < -0.4 is 9.47 Å². The van der Waals surface area contributed by atoms with Gasteiger partial charge in [-0.15, -0.1) is 0 Å². The van der Waals surface area contributed by atoms with E-state index in [2.05, 4.69) is 5.10 Å². The summed E-state index contributed by atoms with van der Waals surface area (Å²) in [5.41, 5.74) is 2.13. The third-order valence-corrected chi connectivity index (χ3v) is 7.08. The Bertz CT molecular complexity index is 1210. The summed E-state index contributed by atoms with van der Waals surface area (Å²) >= 11 is 6.04. The van der Waals surface area contributed by atoms with E-state index in [9.17, 15) is 8.42 Å². The first-order valence-corrected chi connectivity index (χ1v) is 11.4. The number of hydrogen-bond donors (Lipinski definition) is 0. The molecule has 0 radical (unpaired) electrons. The summed E-state index contributed by atoms with van der Waals surface area (Å²) in [7, 11) is -0.738. The van der Waals surface area contributed by atoms with E-state index in [0.717, 1.165) is 5.56 Å². The van der Waals surface area contributed by atoms with Crippen molar-refractivity contribution >= 4 is 27.3 Å². The van der Waals surface area contributed by atoms with Gasteiger partial charge >= 0.3 is 0 Å². The van der Waals surface area contributed by atoms with Crippen LogP contribution in [0.25, 0.3) is 0 Å². The molecule has 0 spiro atoms. The molecule has 6 nitrogen and oxygen atoms in total. The topological polar surface area (TPSA) is 68.2 Å². The summed E-state index contributed by atoms with van der Waals surface area (Å²) in [4.78, 5) is 0.181. The zero-order valence-electron chi connectivity index (χ0n) is 17.0. The van der Waals surface area contributed by atoms with E-state index in [0.29, 0.717) is 34.2 Å². The molecule has 1 aliphatic heterocycles. The third kappa shape index (κ3) is 4.11. The molecule has 0 saturated heterocycles. The molecule has 31 heavy (non-hydrogen) atoms. The number of rotatable bonds is 6. The number of sulfonamides is 1. The first-order valence-electron chi connectivity index (χ1n) is 9.59. The zero-order chi connectivity index (χ0) is 22.0. The molecule has 1 unspecified atom stereocenters. The Morgan fingerprint density at radius 1 is 0.968 bits per heavy atom. The molecule has 0 N–H and O–H groups in total. The lowest BCUT2D eigenvalue weighted by Gasteiger charge is -2.23. The van der Waals surface area contributed by atoms with Gasteiger partial charge in [0.2, 0.25) is 0 Å². The zero-order valence-corrected chi connectivity index (χ0v) is 18.6. The van der Waals surface area contributed by atoms with Crippen molar-refractivity contribution in [1.82, 2.24) is 4.41 Å². The fourth-order valence-electron chi connectivity index (χ4n) is 3.54. The molecule has 0 aromatic heterocycles. The van der Waals surface area contributed by atoms with Crippen molar-refractivity contribution < 1.29 is 17.9 Å². The smallest absolute Gasteiger partial charge is 0.279 e. The molecule has 4 rings (SSSR count). The normalized spacial score (nSPS) is 16.2. The third-order valence-electron chi connectivity index (χ3n) is 5.13. The van der Waals surface area contributed by atoms with Crippen LogP contribution in [0.3, 0.4) is 0 Å². The van der Waals surface area contributed by atoms with Gasteiger partial charge in [0.1, 0.15) is 11.5 Å². The van der Waals surface area contributed by atoms with Gasteiger partial charge in [0.25, 0.3) is 10.0 Å². The van der Waals surface area contributed by atoms with E-state index in [1.54, 1.807) is 68.8 Å². The summed E-state index contributed by atoms with van der Waals surface area (Å²) in [6.07, 6.45) is 0.385. The molecule has 8 heteroatoms. The van der Waals surface area contributed by atoms with E-state index >= 15 is 0 Å². The highest BCUT2D eigenvalue weighted by molar-refractivity contribution is 7.89. The number of methoxy groups -OCH3 is 2. The minimum absolute atomic E-state index is 0.181. The lowest BCUT2D eigenvalue weighted by atomic mass is 9.98. The lowest BCUT2D eigenvalue weighted by molar-refractivity contribution is 0.371. The largest absolute Gasteiger partial charge is 0.497 e. The summed E-state index contributed by atoms with van der Waals surface area (Å²) in [6, 6.07) is 20.3. The van der Waals surface area contributed by atoms with Crippen molar-refractivity contribution in [3.8, 4) is 11.5 Å². The maximum Gasteiger partial charge on any atom is 0.279 e. The molecular weight excluding hydrogens is 436 g/mol. The van der Waals surface area contributed by atoms with Gasteiger partial charge in [0.05, 0.1) is 30.9 Å². The van der Waals surface area contributed by atoms with Gasteiger partial charge in [0.15, 0.2) is 0 Å². The number of nitrogens with zero attached hydrogens (tertiary/aromatic N) is 2. The van der Waals surface area contributed by atoms with Gasteiger partial charge < -0.3 is 9.47 Å². The van der Waals surface area contributed by atoms with Crippen molar-refractivity contribution in [2.24, 2.45) is 5.10 Å². The van der Waals surface area contributed by atoms with Crippen molar-refractivity contribution in [3.63, 3.8) is 0 Å². The second kappa shape index (κ2) is 8.61. The Kier molecular flexibility index (Phi) is 5.89. The Balaban J connectivity index is 1.82. The van der Waals surface area contributed by atoms with Gasteiger partial charge in [-0.05, 0) is 42.0 Å². The molecule has 0 saturated carbocycles. The molecule has 0 aliphatic carbocycles. The second-order valence-electron chi connectivity index (χ2n) is 6.98. The Morgan fingerprint density at radius 3 is 2.32 bits per heavy atom. The van der Waals surface area contributed by atoms with Crippen LogP contribution in [-0.4, -0.2) is 32.8 Å². The molecule has 1 atom stereocenters. The first kappa shape index (κ1) is 21.2. The number of halogens is 1. The van der Waals surface area contributed by atoms with E-state index in [1.807, 2.05) is 18.2 Å². The fraction of sp³-hybridized carbons (Fsp3) is 0.174. The van der Waals surface area contributed by atoms with Crippen LogP contribution in [0.1, 0.15) is 23.6 Å². The molecule has 1 heterocycles. The highest BCUT2D eigenvalue weighted by Crippen LogP contribution is 2.39. The van der Waals surface area contributed by atoms with Gasteiger partial charge in [-0.3, -0.25) is 0 Å². The standard InChI is InChI=1S/C23H21ClN2O4S/c1-29-18-12-13-20(23(14-18)30-2)21-15-22(16-8-10-17(24)11-9-16)26(25-21)31(27,28)19-6-4-3-5-7-19/h3-14,22H,15H2,1-2H3. The summed E-state index contributed by atoms with van der Waals surface area (Å²) in [6.45, 7) is 0. The highest BCUT2D eigenvalue weighted by atomic mass is 35.5. The average molecular weight is 457 g/mol. The molecule has 3 aromatic rings. The average Bonchev–Trinajstić information content (AvgIpc) is 3.26. The SMILES string of the molecule is COc1ccc(C2=NN(S(=O)(=O)c3ccccc3)C(c3ccc(Cl)cc3)C2)c(OC)c1. The molecule has 0 amide bonds. The highest BCUT2D eigenvalue weighted by Gasteiger charge is 2.38. The van der Waals surface area contributed by atoms with Crippen LogP contribution in [-0.2, 0) is 10.0 Å². The second-order valence-corrected chi connectivity index (χ2v) is 9.21. The Labute approximate surface area is 186 Å². The molecule has 160 valence electrons. The minimum atomic E-state index is -3.87. The van der Waals surface area contributed by atoms with E-state index in [-0.39, 0.29) is 4.90 Å². The molecule has 1 aliphatic rings. The summed E-state index contributed by atoms with van der Waals surface area (Å²) in [5.74, 6) is 1.20. The molecular formula is C23H21ClN2O4S. The van der Waals surface area contributed by atoms with Crippen molar-refractivity contribution in [2.75, 3.05) is 14.2 Å². The number of hydrazone groups is 1. The van der Waals surface area contributed by atoms with Crippen LogP contribution in [0.4, 0.5) is 0 Å². The monoisotopic (exact) mass is 456 g/mol. The Hall–Kier alpha value is -3.03. The van der Waals surface area contributed by atoms with Crippen LogP contribution in [0.15, 0.2) is 82.8 Å². The summed E-state index contributed by atoms with van der Waals surface area (Å²) in [5, 5.41) is 5.14. The molecule has 3 aromatic carbocycles. The Morgan fingerprint density at radius 2 is 1.68 bits per heavy atom. The van der Waals surface area contributed by atoms with Crippen molar-refractivity contribution in [2.45, 2.75) is 17.4 Å². The number of hydrogen-bond acceptors (Lipinski definition) is 5. The van der Waals surface area contributed by atoms with Crippen LogP contribution in [0, 0.1) is 0 Å². The fourth-order valence-corrected chi connectivity index (χ4v) is 5.12. The van der Waals surface area contributed by atoms with E-state index in [4.69, 9.17) is 21.1 Å². The predicted molar refractivity (Wildman–Crippen MR) is 120 cm³/mol. The first-order chi connectivity index (χ1) is 14.9. The number of ether oxygens (including phenoxy) is 2. The van der Waals surface area contributed by atoms with E-state index < -0.39 is 16.1 Å².